The molecule has 0 saturated heterocycles. The molecule has 0 aromatic heterocycles. The molecule has 0 saturated carbocycles. The number of hydrogen-bond donors (Lipinski definition) is 0. The number of carbonyl (C=O) groups excluding carboxylic acids is 4. The minimum Gasteiger partial charge on any atom is -0.545 e. The summed E-state index contributed by atoms with van der Waals surface area (Å²) in [5.74, 6) is -7.16. The zero-order valence-corrected chi connectivity index (χ0v) is 22.6. The van der Waals surface area contributed by atoms with Gasteiger partial charge in [-0.25, -0.2) is 0 Å². The molecule has 0 fully saturated rings. The van der Waals surface area contributed by atoms with Crippen LogP contribution in [0.1, 0.15) is 41.4 Å². The van der Waals surface area contributed by atoms with Crippen LogP contribution in [0.2, 0.25) is 0 Å². The van der Waals surface area contributed by atoms with Gasteiger partial charge in [0.1, 0.15) is 0 Å². The van der Waals surface area contributed by atoms with Gasteiger partial charge in [0, 0.05) is 22.3 Å². The summed E-state index contributed by atoms with van der Waals surface area (Å²) in [6, 6.07) is 3.15. The number of fused-ring (bicyclic) bond motifs is 1. The van der Waals surface area contributed by atoms with Crippen molar-refractivity contribution in [2.75, 3.05) is 0 Å². The molecule has 0 atom stereocenters. The summed E-state index contributed by atoms with van der Waals surface area (Å²) in [7, 11) is 0. The van der Waals surface area contributed by atoms with E-state index in [1.165, 1.54) is 0 Å². The molecule has 0 heterocycles. The predicted molar refractivity (Wildman–Crippen MR) is 61.3 cm³/mol. The van der Waals surface area contributed by atoms with Crippen LogP contribution >= 0.6 is 0 Å². The molecule has 0 unspecified atom stereocenters. The molecule has 2 aromatic carbocycles. The van der Waals surface area contributed by atoms with Gasteiger partial charge in [-0.15, -0.1) is 0 Å². The molecular weight excluding hydrogens is 388 g/mol. The zero-order chi connectivity index (χ0) is 16.6. The average Bonchev–Trinajstić information content (AvgIpc) is 2.43. The molecule has 0 aliphatic carbocycles. The average molecular weight is 392 g/mol. The third kappa shape index (κ3) is 6.58. The fourth-order valence-electron chi connectivity index (χ4n) is 2.09. The smallest absolute Gasteiger partial charge is 0.545 e. The van der Waals surface area contributed by atoms with Gasteiger partial charge in [0.05, 0.1) is 23.9 Å². The van der Waals surface area contributed by atoms with Crippen molar-refractivity contribution in [3.05, 3.63) is 46.5 Å². The standard InChI is InChI=1S/C14H8O8.4Na/c15-11(16)5-1-2-6(12(17)18)8-4-10(14(21)22)9(13(19)20)3-7(5)8;;;;/h1-4H,(H,15,16)(H,17,18)(H,19,20)(H,21,22);;;;/q;4*+1/p-4. The maximum absolute atomic E-state index is 11.0. The normalized spacial score (nSPS) is 8.77. The van der Waals surface area contributed by atoms with Crippen molar-refractivity contribution < 1.29 is 158 Å². The van der Waals surface area contributed by atoms with Crippen LogP contribution in [-0.4, -0.2) is 23.9 Å². The van der Waals surface area contributed by atoms with Gasteiger partial charge >= 0.3 is 118 Å². The van der Waals surface area contributed by atoms with Gasteiger partial charge in [0.15, 0.2) is 0 Å². The molecule has 0 radical (unpaired) electrons. The first kappa shape index (κ1) is 31.3. The van der Waals surface area contributed by atoms with Crippen LogP contribution in [0.15, 0.2) is 24.3 Å². The number of carbonyl (C=O) groups is 4. The summed E-state index contributed by atoms with van der Waals surface area (Å²) in [5, 5.41) is 43.4. The van der Waals surface area contributed by atoms with Crippen LogP contribution in [0.5, 0.6) is 0 Å². The Morgan fingerprint density at radius 2 is 0.731 bits per heavy atom. The summed E-state index contributed by atoms with van der Waals surface area (Å²) in [6.45, 7) is 0. The molecular formula is C14H4Na4O8. The number of hydrogen-bond acceptors (Lipinski definition) is 8. The first-order chi connectivity index (χ1) is 10.2. The van der Waals surface area contributed by atoms with Gasteiger partial charge in [-0.2, -0.15) is 0 Å². The van der Waals surface area contributed by atoms with Crippen molar-refractivity contribution in [1.82, 2.24) is 0 Å². The maximum Gasteiger partial charge on any atom is 1.00 e. The summed E-state index contributed by atoms with van der Waals surface area (Å²) in [6.07, 6.45) is 0. The second-order valence-electron chi connectivity index (χ2n) is 4.25. The molecule has 0 aliphatic heterocycles. The Balaban J connectivity index is -0.00000132. The number of aromatic carboxylic acids is 4. The molecule has 0 N–H and O–H groups in total. The van der Waals surface area contributed by atoms with E-state index in [-0.39, 0.29) is 129 Å². The topological polar surface area (TPSA) is 161 Å². The molecule has 26 heavy (non-hydrogen) atoms. The summed E-state index contributed by atoms with van der Waals surface area (Å²) in [5.41, 5.74) is -2.70. The van der Waals surface area contributed by atoms with Crippen LogP contribution in [0.3, 0.4) is 0 Å². The minimum atomic E-state index is -1.88. The Kier molecular flexibility index (Phi) is 15.5. The van der Waals surface area contributed by atoms with E-state index in [2.05, 4.69) is 0 Å². The monoisotopic (exact) mass is 392 g/mol. The molecule has 0 amide bonds. The van der Waals surface area contributed by atoms with Crippen molar-refractivity contribution in [3.8, 4) is 0 Å². The Bertz CT molecular complexity index is 795. The summed E-state index contributed by atoms with van der Waals surface area (Å²) >= 11 is 0. The van der Waals surface area contributed by atoms with E-state index >= 15 is 0 Å². The molecule has 2 aromatic rings. The minimum absolute atomic E-state index is 0. The van der Waals surface area contributed by atoms with E-state index in [1.54, 1.807) is 0 Å². The Morgan fingerprint density at radius 1 is 0.500 bits per heavy atom. The van der Waals surface area contributed by atoms with Gasteiger partial charge < -0.3 is 39.6 Å². The maximum atomic E-state index is 11.0. The van der Waals surface area contributed by atoms with Crippen LogP contribution in [0, 0.1) is 0 Å². The van der Waals surface area contributed by atoms with E-state index < -0.39 is 46.1 Å². The second-order valence-corrected chi connectivity index (χ2v) is 4.25. The van der Waals surface area contributed by atoms with Crippen molar-refractivity contribution in [2.24, 2.45) is 0 Å². The second kappa shape index (κ2) is 12.9. The number of benzene rings is 2. The molecule has 112 valence electrons. The number of rotatable bonds is 4. The molecule has 8 nitrogen and oxygen atoms in total. The van der Waals surface area contributed by atoms with Crippen molar-refractivity contribution in [2.45, 2.75) is 0 Å². The summed E-state index contributed by atoms with van der Waals surface area (Å²) < 4.78 is 0. The number of carboxylic acids is 4. The van der Waals surface area contributed by atoms with Crippen LogP contribution in [0.4, 0.5) is 0 Å². The van der Waals surface area contributed by atoms with Crippen molar-refractivity contribution in [3.63, 3.8) is 0 Å². The third-order valence-corrected chi connectivity index (χ3v) is 3.03. The number of carboxylic acid groups (broad SMARTS) is 4. The first-order valence-corrected chi connectivity index (χ1v) is 5.70. The first-order valence-electron chi connectivity index (χ1n) is 5.70. The Labute approximate surface area is 235 Å². The van der Waals surface area contributed by atoms with Gasteiger partial charge in [-0.05, 0) is 22.9 Å². The SMILES string of the molecule is O=C([O-])c1cc2c(C(=O)[O-])ccc(C(=O)[O-])c2cc1C(=O)[O-].[Na+].[Na+].[Na+].[Na+]. The van der Waals surface area contributed by atoms with Gasteiger partial charge in [-0.1, -0.05) is 12.1 Å². The van der Waals surface area contributed by atoms with E-state index in [0.717, 1.165) is 12.1 Å². The molecule has 0 aliphatic rings. The van der Waals surface area contributed by atoms with E-state index in [4.69, 9.17) is 0 Å². The third-order valence-electron chi connectivity index (χ3n) is 3.03. The van der Waals surface area contributed by atoms with E-state index in [1.807, 2.05) is 0 Å². The zero-order valence-electron chi connectivity index (χ0n) is 14.6. The molecule has 0 bridgehead atoms. The summed E-state index contributed by atoms with van der Waals surface area (Å²) in [4.78, 5) is 44.0. The molecule has 12 heteroatoms. The quantitative estimate of drug-likeness (QED) is 0.464. The predicted octanol–water partition coefficient (Wildman–Crippen LogP) is -15.7. The van der Waals surface area contributed by atoms with Gasteiger partial charge in [0.2, 0.25) is 0 Å². The van der Waals surface area contributed by atoms with E-state index in [9.17, 15) is 39.6 Å². The van der Waals surface area contributed by atoms with Gasteiger partial charge in [0.25, 0.3) is 0 Å². The molecule has 0 spiro atoms. The van der Waals surface area contributed by atoms with Crippen molar-refractivity contribution >= 4 is 34.6 Å². The van der Waals surface area contributed by atoms with Gasteiger partial charge in [-0.3, -0.25) is 0 Å². The molecule has 2 rings (SSSR count). The van der Waals surface area contributed by atoms with E-state index in [0.29, 0.717) is 12.1 Å². The van der Waals surface area contributed by atoms with Crippen LogP contribution in [0.25, 0.3) is 10.8 Å². The van der Waals surface area contributed by atoms with Crippen molar-refractivity contribution in [1.29, 1.82) is 0 Å². The Morgan fingerprint density at radius 3 is 0.923 bits per heavy atom. The Hall–Kier alpha value is 0.580. The van der Waals surface area contributed by atoms with Crippen LogP contribution < -0.4 is 139 Å². The van der Waals surface area contributed by atoms with Crippen LogP contribution in [-0.2, 0) is 0 Å². The fraction of sp³-hybridized carbons (Fsp3) is 0. The fourth-order valence-corrected chi connectivity index (χ4v) is 2.09. The largest absolute Gasteiger partial charge is 1.00 e.